The first-order valence-corrected chi connectivity index (χ1v) is 6.08. The first-order chi connectivity index (χ1) is 7.53. The number of ketones is 1. The highest BCUT2D eigenvalue weighted by atomic mass is 16.5. The van der Waals surface area contributed by atoms with Gasteiger partial charge < -0.3 is 4.74 Å². The molecule has 0 N–H and O–H groups in total. The van der Waals surface area contributed by atoms with Crippen molar-refractivity contribution in [3.63, 3.8) is 0 Å². The largest absolute Gasteiger partial charge is 0.378 e. The van der Waals surface area contributed by atoms with Crippen molar-refractivity contribution in [2.75, 3.05) is 6.61 Å². The van der Waals surface area contributed by atoms with Gasteiger partial charge in [-0.1, -0.05) is 0 Å². The highest BCUT2D eigenvalue weighted by Gasteiger charge is 2.20. The third kappa shape index (κ3) is 4.76. The van der Waals surface area contributed by atoms with Gasteiger partial charge in [0, 0.05) is 19.4 Å². The van der Waals surface area contributed by atoms with E-state index in [-0.39, 0.29) is 11.5 Å². The average molecular weight is 223 g/mol. The molecule has 0 aromatic carbocycles. The van der Waals surface area contributed by atoms with Gasteiger partial charge in [0.15, 0.2) is 0 Å². The number of nitriles is 1. The van der Waals surface area contributed by atoms with Crippen molar-refractivity contribution in [1.29, 1.82) is 5.26 Å². The summed E-state index contributed by atoms with van der Waals surface area (Å²) in [4.78, 5) is 11.0. The van der Waals surface area contributed by atoms with Gasteiger partial charge in [-0.25, -0.2) is 0 Å². The number of carbonyl (C=O) groups is 1. The molecule has 3 nitrogen and oxygen atoms in total. The second-order valence-corrected chi connectivity index (χ2v) is 5.21. The SMILES string of the molecule is CC(C)(C#N)CCCOC1CCC(=O)CC1. The summed E-state index contributed by atoms with van der Waals surface area (Å²) in [6.45, 7) is 4.61. The minimum Gasteiger partial charge on any atom is -0.378 e. The van der Waals surface area contributed by atoms with Gasteiger partial charge in [-0.15, -0.1) is 0 Å². The Bertz CT molecular complexity index is 268. The second-order valence-electron chi connectivity index (χ2n) is 5.21. The summed E-state index contributed by atoms with van der Waals surface area (Å²) in [5.74, 6) is 0.366. The van der Waals surface area contributed by atoms with Gasteiger partial charge in [0.2, 0.25) is 0 Å². The van der Waals surface area contributed by atoms with Crippen LogP contribution in [0.1, 0.15) is 52.4 Å². The number of carbonyl (C=O) groups excluding carboxylic acids is 1. The molecule has 0 aliphatic heterocycles. The molecular formula is C13H21NO2. The third-order valence-corrected chi connectivity index (χ3v) is 3.09. The lowest BCUT2D eigenvalue weighted by molar-refractivity contribution is -0.123. The quantitative estimate of drug-likeness (QED) is 0.673. The molecule has 0 amide bonds. The van der Waals surface area contributed by atoms with E-state index in [0.29, 0.717) is 25.2 Å². The van der Waals surface area contributed by atoms with Crippen LogP contribution >= 0.6 is 0 Å². The van der Waals surface area contributed by atoms with Crippen molar-refractivity contribution in [1.82, 2.24) is 0 Å². The molecule has 1 rings (SSSR count). The van der Waals surface area contributed by atoms with E-state index in [1.165, 1.54) is 0 Å². The van der Waals surface area contributed by atoms with Gasteiger partial charge in [0.25, 0.3) is 0 Å². The maximum atomic E-state index is 11.0. The van der Waals surface area contributed by atoms with E-state index in [4.69, 9.17) is 10.00 Å². The fourth-order valence-electron chi connectivity index (χ4n) is 1.90. The van der Waals surface area contributed by atoms with Gasteiger partial charge in [0.05, 0.1) is 17.6 Å². The van der Waals surface area contributed by atoms with E-state index in [0.717, 1.165) is 25.7 Å². The van der Waals surface area contributed by atoms with Crippen LogP contribution in [-0.4, -0.2) is 18.5 Å². The number of hydrogen-bond acceptors (Lipinski definition) is 3. The van der Waals surface area contributed by atoms with E-state index in [2.05, 4.69) is 6.07 Å². The maximum absolute atomic E-state index is 11.0. The summed E-state index contributed by atoms with van der Waals surface area (Å²) in [5, 5.41) is 8.84. The number of nitrogens with zero attached hydrogens (tertiary/aromatic N) is 1. The molecule has 0 atom stereocenters. The monoisotopic (exact) mass is 223 g/mol. The average Bonchev–Trinajstić information content (AvgIpc) is 2.27. The van der Waals surface area contributed by atoms with Gasteiger partial charge in [-0.2, -0.15) is 5.26 Å². The molecule has 0 spiro atoms. The summed E-state index contributed by atoms with van der Waals surface area (Å²) in [6.07, 6.45) is 5.16. The van der Waals surface area contributed by atoms with Crippen molar-refractivity contribution in [3.05, 3.63) is 0 Å². The second kappa shape index (κ2) is 6.00. The maximum Gasteiger partial charge on any atom is 0.133 e. The molecule has 3 heteroatoms. The highest BCUT2D eigenvalue weighted by molar-refractivity contribution is 5.79. The van der Waals surface area contributed by atoms with Crippen LogP contribution < -0.4 is 0 Å². The lowest BCUT2D eigenvalue weighted by Crippen LogP contribution is -2.22. The lowest BCUT2D eigenvalue weighted by atomic mass is 9.90. The van der Waals surface area contributed by atoms with Crippen LogP contribution in [0, 0.1) is 16.7 Å². The molecule has 0 unspecified atom stereocenters. The Morgan fingerprint density at radius 1 is 1.44 bits per heavy atom. The molecule has 0 saturated heterocycles. The van der Waals surface area contributed by atoms with E-state index >= 15 is 0 Å². The molecule has 0 heterocycles. The van der Waals surface area contributed by atoms with Crippen LogP contribution in [0.15, 0.2) is 0 Å². The van der Waals surface area contributed by atoms with Crippen molar-refractivity contribution in [2.24, 2.45) is 5.41 Å². The molecule has 0 bridgehead atoms. The predicted molar refractivity (Wildman–Crippen MR) is 61.8 cm³/mol. The van der Waals surface area contributed by atoms with Crippen molar-refractivity contribution in [2.45, 2.75) is 58.5 Å². The molecule has 0 radical (unpaired) electrons. The first kappa shape index (κ1) is 13.2. The molecule has 90 valence electrons. The van der Waals surface area contributed by atoms with Crippen molar-refractivity contribution < 1.29 is 9.53 Å². The van der Waals surface area contributed by atoms with Gasteiger partial charge in [0.1, 0.15) is 5.78 Å². The number of Topliss-reactive ketones (excluding diaryl/α,β-unsaturated/α-hetero) is 1. The van der Waals surface area contributed by atoms with E-state index in [1.54, 1.807) is 0 Å². The Labute approximate surface area is 97.8 Å². The van der Waals surface area contributed by atoms with E-state index in [1.807, 2.05) is 13.8 Å². The molecule has 1 saturated carbocycles. The summed E-state index contributed by atoms with van der Waals surface area (Å²) in [6, 6.07) is 2.29. The Balaban J connectivity index is 2.08. The molecule has 1 aliphatic rings. The van der Waals surface area contributed by atoms with Crippen LogP contribution in [0.25, 0.3) is 0 Å². The standard InChI is InChI=1S/C13H21NO2/c1-13(2,10-14)8-3-9-16-12-6-4-11(15)5-7-12/h12H,3-9H2,1-2H3. The highest BCUT2D eigenvalue weighted by Crippen LogP contribution is 2.22. The number of rotatable bonds is 5. The molecule has 0 aromatic heterocycles. The summed E-state index contributed by atoms with van der Waals surface area (Å²) in [7, 11) is 0. The Kier molecular flexibility index (Phi) is 4.95. The Morgan fingerprint density at radius 2 is 2.06 bits per heavy atom. The normalized spacial score (nSPS) is 18.4. The zero-order valence-electron chi connectivity index (χ0n) is 10.3. The summed E-state index contributed by atoms with van der Waals surface area (Å²) >= 11 is 0. The summed E-state index contributed by atoms with van der Waals surface area (Å²) < 4.78 is 5.71. The fraction of sp³-hybridized carbons (Fsp3) is 0.846. The van der Waals surface area contributed by atoms with Gasteiger partial charge >= 0.3 is 0 Å². The van der Waals surface area contributed by atoms with Crippen LogP contribution in [0.5, 0.6) is 0 Å². The van der Waals surface area contributed by atoms with Gasteiger partial charge in [-0.3, -0.25) is 4.79 Å². The van der Waals surface area contributed by atoms with E-state index in [9.17, 15) is 4.79 Å². The molecular weight excluding hydrogens is 202 g/mol. The lowest BCUT2D eigenvalue weighted by Gasteiger charge is -2.22. The number of ether oxygens (including phenoxy) is 1. The summed E-state index contributed by atoms with van der Waals surface area (Å²) in [5.41, 5.74) is -0.244. The zero-order chi connectivity index (χ0) is 12.0. The van der Waals surface area contributed by atoms with Crippen LogP contribution in [0.2, 0.25) is 0 Å². The third-order valence-electron chi connectivity index (χ3n) is 3.09. The first-order valence-electron chi connectivity index (χ1n) is 6.08. The van der Waals surface area contributed by atoms with Gasteiger partial charge in [-0.05, 0) is 39.5 Å². The van der Waals surface area contributed by atoms with Crippen LogP contribution in [-0.2, 0) is 9.53 Å². The number of hydrogen-bond donors (Lipinski definition) is 0. The predicted octanol–water partition coefficient (Wildman–Crippen LogP) is 2.84. The van der Waals surface area contributed by atoms with E-state index < -0.39 is 0 Å². The minimum atomic E-state index is -0.244. The van der Waals surface area contributed by atoms with Crippen molar-refractivity contribution >= 4 is 5.78 Å². The minimum absolute atomic E-state index is 0.244. The molecule has 1 aliphatic carbocycles. The Hall–Kier alpha value is -0.880. The zero-order valence-corrected chi connectivity index (χ0v) is 10.3. The smallest absolute Gasteiger partial charge is 0.133 e. The fourth-order valence-corrected chi connectivity index (χ4v) is 1.90. The molecule has 16 heavy (non-hydrogen) atoms. The topological polar surface area (TPSA) is 50.1 Å². The van der Waals surface area contributed by atoms with Crippen molar-refractivity contribution in [3.8, 4) is 6.07 Å². The Morgan fingerprint density at radius 3 is 2.62 bits per heavy atom. The molecule has 0 aromatic rings. The van der Waals surface area contributed by atoms with Crippen LogP contribution in [0.4, 0.5) is 0 Å². The van der Waals surface area contributed by atoms with Crippen LogP contribution in [0.3, 0.4) is 0 Å². The molecule has 1 fully saturated rings.